The van der Waals surface area contributed by atoms with E-state index in [0.29, 0.717) is 11.6 Å². The first-order valence-electron chi connectivity index (χ1n) is 9.05. The molecule has 3 heterocycles. The van der Waals surface area contributed by atoms with Crippen molar-refractivity contribution in [3.63, 3.8) is 0 Å². The van der Waals surface area contributed by atoms with E-state index in [9.17, 15) is 4.79 Å². The van der Waals surface area contributed by atoms with Crippen LogP contribution in [0, 0.1) is 0 Å². The summed E-state index contributed by atoms with van der Waals surface area (Å²) in [5.41, 5.74) is 2.86. The minimum atomic E-state index is 0.117. The summed E-state index contributed by atoms with van der Waals surface area (Å²) in [5, 5.41) is 0.576. The summed E-state index contributed by atoms with van der Waals surface area (Å²) in [7, 11) is 1.99. The lowest BCUT2D eigenvalue weighted by molar-refractivity contribution is -0.131. The molecule has 3 aromatic rings. The second-order valence-electron chi connectivity index (χ2n) is 7.01. The van der Waals surface area contributed by atoms with Gasteiger partial charge in [-0.1, -0.05) is 23.7 Å². The molecule has 0 N–H and O–H groups in total. The number of carbonyl (C=O) groups is 1. The number of anilines is 1. The van der Waals surface area contributed by atoms with Crippen LogP contribution in [0.25, 0.3) is 22.4 Å². The smallest absolute Gasteiger partial charge is 0.219 e. The molecule has 1 amide bonds. The molecule has 0 unspecified atom stereocenters. The molecular weight excluding hydrogens is 362 g/mol. The SMILES string of the molecule is CC(=O)N1CCN(c2cc(-c3nc4ccccc4n3C)c(Cl)cn2)C[C@H]1C. The van der Waals surface area contributed by atoms with Crippen molar-refractivity contribution in [2.45, 2.75) is 19.9 Å². The number of benzene rings is 1. The normalized spacial score (nSPS) is 17.6. The van der Waals surface area contributed by atoms with E-state index in [1.165, 1.54) is 0 Å². The monoisotopic (exact) mass is 383 g/mol. The van der Waals surface area contributed by atoms with Gasteiger partial charge in [-0.2, -0.15) is 0 Å². The molecule has 1 saturated heterocycles. The van der Waals surface area contributed by atoms with Crippen LogP contribution < -0.4 is 4.90 Å². The number of hydrogen-bond donors (Lipinski definition) is 0. The standard InChI is InChI=1S/C20H22ClN5O/c1-13-12-25(8-9-26(13)14(2)27)19-10-15(16(21)11-22-19)20-23-17-6-4-5-7-18(17)24(20)3/h4-7,10-11,13H,8-9,12H2,1-3H3/t13-/m1/s1. The van der Waals surface area contributed by atoms with Crippen LogP contribution in [0.1, 0.15) is 13.8 Å². The molecule has 0 saturated carbocycles. The van der Waals surface area contributed by atoms with Crippen LogP contribution >= 0.6 is 11.6 Å². The van der Waals surface area contributed by atoms with E-state index in [4.69, 9.17) is 16.6 Å². The number of imidazole rings is 1. The van der Waals surface area contributed by atoms with Crippen LogP contribution in [0.2, 0.25) is 5.02 Å². The fourth-order valence-electron chi connectivity index (χ4n) is 3.79. The van der Waals surface area contributed by atoms with Crippen molar-refractivity contribution in [1.29, 1.82) is 0 Å². The van der Waals surface area contributed by atoms with Crippen molar-refractivity contribution in [3.8, 4) is 11.4 Å². The Balaban J connectivity index is 1.70. The van der Waals surface area contributed by atoms with Gasteiger partial charge in [-0.3, -0.25) is 4.79 Å². The highest BCUT2D eigenvalue weighted by atomic mass is 35.5. The molecule has 1 aliphatic rings. The number of rotatable bonds is 2. The Morgan fingerprint density at radius 2 is 2.04 bits per heavy atom. The van der Waals surface area contributed by atoms with Crippen LogP contribution in [0.15, 0.2) is 36.5 Å². The van der Waals surface area contributed by atoms with E-state index in [2.05, 4.69) is 21.4 Å². The Hall–Kier alpha value is -2.60. The molecule has 27 heavy (non-hydrogen) atoms. The van der Waals surface area contributed by atoms with Gasteiger partial charge in [0, 0.05) is 51.4 Å². The summed E-state index contributed by atoms with van der Waals surface area (Å²) in [5.74, 6) is 1.79. The van der Waals surface area contributed by atoms with Gasteiger partial charge < -0.3 is 14.4 Å². The fourth-order valence-corrected chi connectivity index (χ4v) is 3.98. The lowest BCUT2D eigenvalue weighted by atomic mass is 10.1. The molecule has 2 aromatic heterocycles. The zero-order chi connectivity index (χ0) is 19.1. The van der Waals surface area contributed by atoms with E-state index in [-0.39, 0.29) is 11.9 Å². The van der Waals surface area contributed by atoms with Crippen molar-refractivity contribution >= 4 is 34.4 Å². The van der Waals surface area contributed by atoms with Gasteiger partial charge in [0.15, 0.2) is 0 Å². The molecule has 140 valence electrons. The number of carbonyl (C=O) groups excluding carboxylic acids is 1. The van der Waals surface area contributed by atoms with E-state index in [0.717, 1.165) is 41.3 Å². The molecule has 0 aliphatic carbocycles. The summed E-state index contributed by atoms with van der Waals surface area (Å²) in [6.45, 7) is 5.88. The average molecular weight is 384 g/mol. The largest absolute Gasteiger partial charge is 0.353 e. The molecule has 0 bridgehead atoms. The molecule has 0 spiro atoms. The van der Waals surface area contributed by atoms with E-state index in [1.54, 1.807) is 13.1 Å². The number of pyridine rings is 1. The number of halogens is 1. The predicted molar refractivity (Wildman–Crippen MR) is 108 cm³/mol. The molecule has 1 atom stereocenters. The minimum Gasteiger partial charge on any atom is -0.353 e. The molecular formula is C20H22ClN5O. The minimum absolute atomic E-state index is 0.117. The summed E-state index contributed by atoms with van der Waals surface area (Å²) >= 11 is 6.48. The summed E-state index contributed by atoms with van der Waals surface area (Å²) in [4.78, 5) is 25.1. The molecule has 7 heteroatoms. The number of para-hydroxylation sites is 2. The first kappa shape index (κ1) is 17.8. The summed E-state index contributed by atoms with van der Waals surface area (Å²) in [6, 6.07) is 10.2. The van der Waals surface area contributed by atoms with Gasteiger partial charge in [-0.05, 0) is 25.1 Å². The maximum absolute atomic E-state index is 11.7. The lowest BCUT2D eigenvalue weighted by Crippen LogP contribution is -2.53. The topological polar surface area (TPSA) is 54.3 Å². The zero-order valence-corrected chi connectivity index (χ0v) is 16.4. The van der Waals surface area contributed by atoms with E-state index < -0.39 is 0 Å². The molecule has 4 rings (SSSR count). The van der Waals surface area contributed by atoms with Gasteiger partial charge >= 0.3 is 0 Å². The van der Waals surface area contributed by atoms with Crippen LogP contribution in [-0.2, 0) is 11.8 Å². The van der Waals surface area contributed by atoms with Crippen LogP contribution in [0.5, 0.6) is 0 Å². The molecule has 0 radical (unpaired) electrons. The van der Waals surface area contributed by atoms with Gasteiger partial charge in [0.1, 0.15) is 11.6 Å². The van der Waals surface area contributed by atoms with Gasteiger partial charge in [0.2, 0.25) is 5.91 Å². The number of amides is 1. The number of aryl methyl sites for hydroxylation is 1. The highest BCUT2D eigenvalue weighted by Gasteiger charge is 2.26. The van der Waals surface area contributed by atoms with Gasteiger partial charge in [-0.15, -0.1) is 0 Å². The molecule has 6 nitrogen and oxygen atoms in total. The van der Waals surface area contributed by atoms with Crippen LogP contribution in [-0.4, -0.2) is 51.0 Å². The lowest BCUT2D eigenvalue weighted by Gasteiger charge is -2.40. The van der Waals surface area contributed by atoms with Crippen LogP contribution in [0.4, 0.5) is 5.82 Å². The molecule has 1 fully saturated rings. The third-order valence-corrected chi connectivity index (χ3v) is 5.53. The van der Waals surface area contributed by atoms with E-state index in [1.807, 2.05) is 42.3 Å². The van der Waals surface area contributed by atoms with Crippen molar-refractivity contribution in [3.05, 3.63) is 41.6 Å². The maximum Gasteiger partial charge on any atom is 0.219 e. The number of nitrogens with zero attached hydrogens (tertiary/aromatic N) is 5. The molecule has 1 aliphatic heterocycles. The third kappa shape index (κ3) is 3.14. The maximum atomic E-state index is 11.7. The fraction of sp³-hybridized carbons (Fsp3) is 0.350. The number of fused-ring (bicyclic) bond motifs is 1. The van der Waals surface area contributed by atoms with Gasteiger partial charge in [-0.25, -0.2) is 9.97 Å². The second-order valence-corrected chi connectivity index (χ2v) is 7.42. The number of aromatic nitrogens is 3. The van der Waals surface area contributed by atoms with Gasteiger partial charge in [0.25, 0.3) is 0 Å². The average Bonchev–Trinajstić information content (AvgIpc) is 2.98. The zero-order valence-electron chi connectivity index (χ0n) is 15.7. The molecule has 1 aromatic carbocycles. The second kappa shape index (κ2) is 6.85. The number of hydrogen-bond acceptors (Lipinski definition) is 4. The van der Waals surface area contributed by atoms with Crippen molar-refractivity contribution < 1.29 is 4.79 Å². The summed E-state index contributed by atoms with van der Waals surface area (Å²) in [6.07, 6.45) is 1.69. The number of piperazine rings is 1. The third-order valence-electron chi connectivity index (χ3n) is 5.22. The van der Waals surface area contributed by atoms with Gasteiger partial charge in [0.05, 0.1) is 16.1 Å². The Bertz CT molecular complexity index is 1010. The highest BCUT2D eigenvalue weighted by molar-refractivity contribution is 6.33. The van der Waals surface area contributed by atoms with E-state index >= 15 is 0 Å². The Morgan fingerprint density at radius 3 is 2.74 bits per heavy atom. The van der Waals surface area contributed by atoms with Crippen molar-refractivity contribution in [2.24, 2.45) is 7.05 Å². The first-order valence-corrected chi connectivity index (χ1v) is 9.43. The van der Waals surface area contributed by atoms with Crippen LogP contribution in [0.3, 0.4) is 0 Å². The quantitative estimate of drug-likeness (QED) is 0.681. The Labute approximate surface area is 163 Å². The first-order chi connectivity index (χ1) is 13.0. The van der Waals surface area contributed by atoms with Crippen molar-refractivity contribution in [2.75, 3.05) is 24.5 Å². The Kier molecular flexibility index (Phi) is 4.52. The highest BCUT2D eigenvalue weighted by Crippen LogP contribution is 2.32. The summed E-state index contributed by atoms with van der Waals surface area (Å²) < 4.78 is 2.05. The Morgan fingerprint density at radius 1 is 1.26 bits per heavy atom. The van der Waals surface area contributed by atoms with Crippen molar-refractivity contribution in [1.82, 2.24) is 19.4 Å². The predicted octanol–water partition coefficient (Wildman–Crippen LogP) is 3.35.